The van der Waals surface area contributed by atoms with Gasteiger partial charge in [0.1, 0.15) is 12.4 Å². The fraction of sp³-hybridized carbons (Fsp3) is 0.167. The number of ether oxygens (including phenoxy) is 1. The van der Waals surface area contributed by atoms with Gasteiger partial charge in [-0.15, -0.1) is 11.3 Å². The Labute approximate surface area is 130 Å². The van der Waals surface area contributed by atoms with Gasteiger partial charge in [0.15, 0.2) is 0 Å². The molecule has 0 saturated heterocycles. The maximum absolute atomic E-state index is 5.78. The van der Waals surface area contributed by atoms with E-state index >= 15 is 0 Å². The first-order chi connectivity index (χ1) is 8.20. The van der Waals surface area contributed by atoms with Gasteiger partial charge in [-0.1, -0.05) is 22.0 Å². The largest absolute Gasteiger partial charge is 0.487 e. The Morgan fingerprint density at radius 2 is 1.94 bits per heavy atom. The van der Waals surface area contributed by atoms with Gasteiger partial charge in [-0.3, -0.25) is 0 Å². The lowest BCUT2D eigenvalue weighted by molar-refractivity contribution is 0.307. The number of benzene rings is 1. The van der Waals surface area contributed by atoms with Crippen LogP contribution in [0, 0.1) is 0 Å². The molecular formula is C12H9Br3OS. The van der Waals surface area contributed by atoms with E-state index in [1.54, 1.807) is 11.3 Å². The Hall–Kier alpha value is 0.160. The van der Waals surface area contributed by atoms with Gasteiger partial charge in [-0.2, -0.15) is 0 Å². The third-order valence-corrected chi connectivity index (χ3v) is 5.37. The Kier molecular flexibility index (Phi) is 5.09. The first kappa shape index (κ1) is 13.6. The van der Waals surface area contributed by atoms with E-state index in [0.29, 0.717) is 6.61 Å². The highest BCUT2D eigenvalue weighted by Crippen LogP contribution is 2.29. The fourth-order valence-corrected chi connectivity index (χ4v) is 3.58. The number of rotatable bonds is 4. The van der Waals surface area contributed by atoms with Crippen molar-refractivity contribution in [3.05, 3.63) is 49.0 Å². The topological polar surface area (TPSA) is 9.23 Å². The van der Waals surface area contributed by atoms with Crippen LogP contribution >= 0.6 is 59.1 Å². The molecule has 0 atom stereocenters. The zero-order valence-electron chi connectivity index (χ0n) is 8.75. The summed E-state index contributed by atoms with van der Waals surface area (Å²) in [6.07, 6.45) is 0. The third kappa shape index (κ3) is 3.56. The lowest BCUT2D eigenvalue weighted by atomic mass is 10.2. The summed E-state index contributed by atoms with van der Waals surface area (Å²) in [5.41, 5.74) is 1.22. The number of thiophene rings is 1. The molecule has 2 aromatic rings. The van der Waals surface area contributed by atoms with Crippen molar-refractivity contribution in [2.75, 3.05) is 0 Å². The van der Waals surface area contributed by atoms with Crippen molar-refractivity contribution in [3.8, 4) is 5.75 Å². The first-order valence-corrected chi connectivity index (χ1v) is 8.48. The van der Waals surface area contributed by atoms with Gasteiger partial charge in [0, 0.05) is 9.80 Å². The highest BCUT2D eigenvalue weighted by atomic mass is 79.9. The van der Waals surface area contributed by atoms with E-state index < -0.39 is 0 Å². The molecule has 1 aromatic heterocycles. The van der Waals surface area contributed by atoms with Crippen LogP contribution in [0.3, 0.4) is 0 Å². The highest BCUT2D eigenvalue weighted by Gasteiger charge is 2.05. The third-order valence-electron chi connectivity index (χ3n) is 2.20. The molecule has 0 fully saturated rings. The van der Waals surface area contributed by atoms with Crippen LogP contribution in [-0.2, 0) is 11.9 Å². The standard InChI is InChI=1S/C12H9Br3OS/c13-6-8-1-2-11(10(15)5-8)16-7-12-9(14)3-4-17-12/h1-5H,6-7H2. The fourth-order valence-electron chi connectivity index (χ4n) is 1.32. The predicted molar refractivity (Wildman–Crippen MR) is 83.1 cm³/mol. The molecule has 0 N–H and O–H groups in total. The van der Waals surface area contributed by atoms with E-state index in [1.807, 2.05) is 17.5 Å². The van der Waals surface area contributed by atoms with Crippen LogP contribution in [0.4, 0.5) is 0 Å². The Morgan fingerprint density at radius 3 is 2.53 bits per heavy atom. The molecule has 0 radical (unpaired) electrons. The van der Waals surface area contributed by atoms with Crippen molar-refractivity contribution in [1.82, 2.24) is 0 Å². The van der Waals surface area contributed by atoms with Gasteiger partial charge in [-0.05, 0) is 61.0 Å². The molecule has 0 bridgehead atoms. The maximum atomic E-state index is 5.78. The minimum atomic E-state index is 0.588. The van der Waals surface area contributed by atoms with E-state index in [-0.39, 0.29) is 0 Å². The Balaban J connectivity index is 2.07. The van der Waals surface area contributed by atoms with Crippen LogP contribution < -0.4 is 4.74 Å². The quantitative estimate of drug-likeness (QED) is 0.550. The monoisotopic (exact) mass is 438 g/mol. The molecule has 2 rings (SSSR count). The second kappa shape index (κ2) is 6.36. The molecule has 0 spiro atoms. The zero-order chi connectivity index (χ0) is 12.3. The molecular weight excluding hydrogens is 432 g/mol. The lowest BCUT2D eigenvalue weighted by Crippen LogP contribution is -1.94. The van der Waals surface area contributed by atoms with Gasteiger partial charge in [0.2, 0.25) is 0 Å². The maximum Gasteiger partial charge on any atom is 0.134 e. The van der Waals surface area contributed by atoms with Gasteiger partial charge in [0.05, 0.1) is 9.35 Å². The molecule has 1 nitrogen and oxygen atoms in total. The minimum Gasteiger partial charge on any atom is -0.487 e. The predicted octanol–water partition coefficient (Wildman–Crippen LogP) is 5.75. The summed E-state index contributed by atoms with van der Waals surface area (Å²) in [5.74, 6) is 0.870. The van der Waals surface area contributed by atoms with Crippen molar-refractivity contribution >= 4 is 59.1 Å². The summed E-state index contributed by atoms with van der Waals surface area (Å²) in [5, 5.41) is 2.90. The Bertz CT molecular complexity index is 510. The molecule has 0 unspecified atom stereocenters. The van der Waals surface area contributed by atoms with Crippen LogP contribution in [0.2, 0.25) is 0 Å². The van der Waals surface area contributed by atoms with Gasteiger partial charge in [0.25, 0.3) is 0 Å². The van der Waals surface area contributed by atoms with E-state index in [1.165, 1.54) is 10.4 Å². The van der Waals surface area contributed by atoms with Crippen molar-refractivity contribution in [2.24, 2.45) is 0 Å². The van der Waals surface area contributed by atoms with Crippen LogP contribution in [0.15, 0.2) is 38.6 Å². The smallest absolute Gasteiger partial charge is 0.134 e. The number of hydrogen-bond acceptors (Lipinski definition) is 2. The molecule has 0 amide bonds. The van der Waals surface area contributed by atoms with Crippen LogP contribution in [-0.4, -0.2) is 0 Å². The van der Waals surface area contributed by atoms with Crippen LogP contribution in [0.1, 0.15) is 10.4 Å². The first-order valence-electron chi connectivity index (χ1n) is 4.90. The molecule has 0 aliphatic carbocycles. The second-order valence-electron chi connectivity index (χ2n) is 3.38. The van der Waals surface area contributed by atoms with Crippen molar-refractivity contribution < 1.29 is 4.74 Å². The molecule has 90 valence electrons. The molecule has 1 aromatic carbocycles. The zero-order valence-corrected chi connectivity index (χ0v) is 14.3. The van der Waals surface area contributed by atoms with Crippen molar-refractivity contribution in [1.29, 1.82) is 0 Å². The van der Waals surface area contributed by atoms with Crippen LogP contribution in [0.25, 0.3) is 0 Å². The normalized spacial score (nSPS) is 10.5. The Morgan fingerprint density at radius 1 is 1.12 bits per heavy atom. The van der Waals surface area contributed by atoms with Gasteiger partial charge >= 0.3 is 0 Å². The number of halogens is 3. The molecule has 0 aliphatic rings. The summed E-state index contributed by atoms with van der Waals surface area (Å²) in [6.45, 7) is 0.588. The van der Waals surface area contributed by atoms with Crippen molar-refractivity contribution in [2.45, 2.75) is 11.9 Å². The van der Waals surface area contributed by atoms with Gasteiger partial charge in [-0.25, -0.2) is 0 Å². The average molecular weight is 441 g/mol. The second-order valence-corrected chi connectivity index (χ2v) is 6.65. The van der Waals surface area contributed by atoms with Gasteiger partial charge < -0.3 is 4.74 Å². The van der Waals surface area contributed by atoms with E-state index in [9.17, 15) is 0 Å². The molecule has 5 heteroatoms. The summed E-state index contributed by atoms with van der Waals surface area (Å²) in [6, 6.07) is 8.14. The number of alkyl halides is 1. The van der Waals surface area contributed by atoms with E-state index in [4.69, 9.17) is 4.74 Å². The number of hydrogen-bond donors (Lipinski definition) is 0. The average Bonchev–Trinajstić information content (AvgIpc) is 2.73. The molecule has 1 heterocycles. The summed E-state index contributed by atoms with van der Waals surface area (Å²) >= 11 is 12.1. The lowest BCUT2D eigenvalue weighted by Gasteiger charge is -2.08. The SMILES string of the molecule is BrCc1ccc(OCc2sccc2Br)c(Br)c1. The molecule has 17 heavy (non-hydrogen) atoms. The minimum absolute atomic E-state index is 0.588. The summed E-state index contributed by atoms with van der Waals surface area (Å²) in [4.78, 5) is 1.20. The van der Waals surface area contributed by atoms with Crippen molar-refractivity contribution in [3.63, 3.8) is 0 Å². The van der Waals surface area contributed by atoms with E-state index in [0.717, 1.165) is 20.0 Å². The van der Waals surface area contributed by atoms with Crippen LogP contribution in [0.5, 0.6) is 5.75 Å². The highest BCUT2D eigenvalue weighted by molar-refractivity contribution is 9.11. The molecule has 0 aliphatic heterocycles. The summed E-state index contributed by atoms with van der Waals surface area (Å²) in [7, 11) is 0. The summed E-state index contributed by atoms with van der Waals surface area (Å²) < 4.78 is 7.87. The van der Waals surface area contributed by atoms with E-state index in [2.05, 4.69) is 59.9 Å². The molecule has 0 saturated carbocycles.